The number of hydrogen-bond acceptors (Lipinski definition) is 3. The van der Waals surface area contributed by atoms with Gasteiger partial charge in [0.25, 0.3) is 0 Å². The Bertz CT molecular complexity index is 571. The number of nitrogen functional groups attached to an aromatic ring is 1. The van der Waals surface area contributed by atoms with E-state index in [-0.39, 0.29) is 10.6 Å². The predicted molar refractivity (Wildman–Crippen MR) is 70.7 cm³/mol. The van der Waals surface area contributed by atoms with Crippen molar-refractivity contribution in [1.82, 2.24) is 4.72 Å². The van der Waals surface area contributed by atoms with E-state index in [2.05, 4.69) is 0 Å². The van der Waals surface area contributed by atoms with Crippen molar-refractivity contribution >= 4 is 15.7 Å². The van der Waals surface area contributed by atoms with Gasteiger partial charge in [0.2, 0.25) is 10.0 Å². The maximum Gasteiger partial charge on any atom is 0.390 e. The van der Waals surface area contributed by atoms with Gasteiger partial charge < -0.3 is 5.73 Å². The van der Waals surface area contributed by atoms with Gasteiger partial charge in [-0.25, -0.2) is 13.1 Å². The number of nitrogens with one attached hydrogen (secondary N) is 1. The van der Waals surface area contributed by atoms with Crippen molar-refractivity contribution in [3.63, 3.8) is 0 Å². The lowest BCUT2D eigenvalue weighted by atomic mass is 10.1. The molecule has 0 saturated heterocycles. The van der Waals surface area contributed by atoms with Gasteiger partial charge in [-0.1, -0.05) is 13.0 Å². The molecule has 4 nitrogen and oxygen atoms in total. The van der Waals surface area contributed by atoms with Crippen LogP contribution in [0.3, 0.4) is 0 Å². The molecule has 20 heavy (non-hydrogen) atoms. The minimum absolute atomic E-state index is 0.0750. The van der Waals surface area contributed by atoms with E-state index in [1.165, 1.54) is 13.0 Å². The van der Waals surface area contributed by atoms with Crippen LogP contribution in [-0.2, 0) is 16.4 Å². The molecule has 8 heteroatoms. The Morgan fingerprint density at radius 2 is 1.95 bits per heavy atom. The second-order valence-corrected chi connectivity index (χ2v) is 6.24. The Morgan fingerprint density at radius 1 is 1.35 bits per heavy atom. The summed E-state index contributed by atoms with van der Waals surface area (Å²) in [7, 11) is -4.03. The molecule has 0 spiro atoms. The molecule has 1 rings (SSSR count). The van der Waals surface area contributed by atoms with Gasteiger partial charge in [0, 0.05) is 11.7 Å². The van der Waals surface area contributed by atoms with E-state index in [1.54, 1.807) is 19.1 Å². The maximum absolute atomic E-state index is 12.2. The molecule has 0 aromatic heterocycles. The van der Waals surface area contributed by atoms with Crippen LogP contribution in [0.2, 0.25) is 0 Å². The molecule has 0 aliphatic rings. The molecule has 0 saturated carbocycles. The Morgan fingerprint density at radius 3 is 2.45 bits per heavy atom. The van der Waals surface area contributed by atoms with Crippen LogP contribution in [0.5, 0.6) is 0 Å². The quantitative estimate of drug-likeness (QED) is 0.821. The number of anilines is 1. The lowest BCUT2D eigenvalue weighted by Crippen LogP contribution is -2.36. The number of alkyl halides is 3. The minimum Gasteiger partial charge on any atom is -0.399 e. The number of aryl methyl sites for hydroxylation is 1. The monoisotopic (exact) mass is 310 g/mol. The second kappa shape index (κ2) is 6.01. The predicted octanol–water partition coefficient (Wildman–Crippen LogP) is 2.45. The van der Waals surface area contributed by atoms with E-state index >= 15 is 0 Å². The van der Waals surface area contributed by atoms with Crippen LogP contribution in [0.15, 0.2) is 23.1 Å². The van der Waals surface area contributed by atoms with Crippen molar-refractivity contribution in [2.24, 2.45) is 0 Å². The number of nitrogens with two attached hydrogens (primary N) is 1. The highest BCUT2D eigenvalue weighted by atomic mass is 32.2. The number of sulfonamides is 1. The first kappa shape index (κ1) is 16.8. The summed E-state index contributed by atoms with van der Waals surface area (Å²) < 4.78 is 63.0. The molecule has 1 aromatic rings. The summed E-state index contributed by atoms with van der Waals surface area (Å²) >= 11 is 0. The van der Waals surface area contributed by atoms with Crippen molar-refractivity contribution in [1.29, 1.82) is 0 Å². The molecule has 1 atom stereocenters. The third-order valence-corrected chi connectivity index (χ3v) is 4.33. The molecule has 0 aliphatic heterocycles. The lowest BCUT2D eigenvalue weighted by molar-refractivity contribution is -0.137. The van der Waals surface area contributed by atoms with Gasteiger partial charge in [-0.2, -0.15) is 13.2 Å². The molecule has 114 valence electrons. The summed E-state index contributed by atoms with van der Waals surface area (Å²) in [6.45, 7) is 2.92. The first-order valence-corrected chi connectivity index (χ1v) is 7.51. The first-order valence-electron chi connectivity index (χ1n) is 6.02. The summed E-state index contributed by atoms with van der Waals surface area (Å²) in [6, 6.07) is 3.11. The molecular weight excluding hydrogens is 293 g/mol. The molecular formula is C12H17F3N2O2S. The zero-order valence-electron chi connectivity index (χ0n) is 11.2. The van der Waals surface area contributed by atoms with Crippen molar-refractivity contribution in [2.75, 3.05) is 5.73 Å². The Hall–Kier alpha value is -1.28. The molecule has 0 aliphatic carbocycles. The Labute approximate surface area is 116 Å². The molecule has 1 aromatic carbocycles. The minimum atomic E-state index is -4.43. The second-order valence-electron chi connectivity index (χ2n) is 4.56. The summed E-state index contributed by atoms with van der Waals surface area (Å²) in [4.78, 5) is -0.0750. The Kier molecular flexibility index (Phi) is 5.04. The fourth-order valence-corrected chi connectivity index (χ4v) is 3.42. The highest BCUT2D eigenvalue weighted by Crippen LogP contribution is 2.24. The first-order chi connectivity index (χ1) is 9.05. The van der Waals surface area contributed by atoms with E-state index in [4.69, 9.17) is 5.73 Å². The molecule has 0 heterocycles. The smallest absolute Gasteiger partial charge is 0.390 e. The summed E-state index contributed by atoms with van der Waals surface area (Å²) in [6.07, 6.45) is -5.22. The van der Waals surface area contributed by atoms with Crippen molar-refractivity contribution in [3.05, 3.63) is 23.8 Å². The standard InChI is InChI=1S/C12H17F3N2O2S/c1-3-9-4-5-10(16)6-11(9)20(18,19)17-8(2)7-12(13,14)15/h4-6,8,17H,3,7,16H2,1-2H3. The van der Waals surface area contributed by atoms with Crippen LogP contribution >= 0.6 is 0 Å². The van der Waals surface area contributed by atoms with Crippen molar-refractivity contribution in [3.8, 4) is 0 Å². The van der Waals surface area contributed by atoms with Crippen LogP contribution in [-0.4, -0.2) is 20.6 Å². The fourth-order valence-electron chi connectivity index (χ4n) is 1.83. The number of halogens is 3. The van der Waals surface area contributed by atoms with Crippen molar-refractivity contribution in [2.45, 2.75) is 43.8 Å². The van der Waals surface area contributed by atoms with Crippen LogP contribution < -0.4 is 10.5 Å². The topological polar surface area (TPSA) is 72.2 Å². The maximum atomic E-state index is 12.2. The molecule has 3 N–H and O–H groups in total. The number of hydrogen-bond donors (Lipinski definition) is 2. The van der Waals surface area contributed by atoms with Crippen LogP contribution in [0.25, 0.3) is 0 Å². The lowest BCUT2D eigenvalue weighted by Gasteiger charge is -2.17. The van der Waals surface area contributed by atoms with Gasteiger partial charge in [-0.3, -0.25) is 0 Å². The van der Waals surface area contributed by atoms with Gasteiger partial charge in [-0.15, -0.1) is 0 Å². The summed E-state index contributed by atoms with van der Waals surface area (Å²) in [5, 5.41) is 0. The van der Waals surface area contributed by atoms with Crippen molar-refractivity contribution < 1.29 is 21.6 Å². The van der Waals surface area contributed by atoms with Gasteiger partial charge >= 0.3 is 6.18 Å². The van der Waals surface area contributed by atoms with E-state index in [9.17, 15) is 21.6 Å². The van der Waals surface area contributed by atoms with Gasteiger partial charge in [-0.05, 0) is 31.0 Å². The highest BCUT2D eigenvalue weighted by Gasteiger charge is 2.32. The Balaban J connectivity index is 3.03. The highest BCUT2D eigenvalue weighted by molar-refractivity contribution is 7.89. The molecule has 0 fully saturated rings. The molecule has 0 bridgehead atoms. The third kappa shape index (κ3) is 4.68. The average Bonchev–Trinajstić information content (AvgIpc) is 2.25. The van der Waals surface area contributed by atoms with Crippen LogP contribution in [0.4, 0.5) is 18.9 Å². The zero-order valence-corrected chi connectivity index (χ0v) is 12.0. The van der Waals surface area contributed by atoms with E-state index in [1.807, 2.05) is 4.72 Å². The molecule has 0 amide bonds. The fraction of sp³-hybridized carbons (Fsp3) is 0.500. The number of benzene rings is 1. The summed E-state index contributed by atoms with van der Waals surface area (Å²) in [5.74, 6) is 0. The molecule has 1 unspecified atom stereocenters. The van der Waals surface area contributed by atoms with E-state index in [0.717, 1.165) is 0 Å². The average molecular weight is 310 g/mol. The van der Waals surface area contributed by atoms with Crippen LogP contribution in [0.1, 0.15) is 25.8 Å². The SMILES string of the molecule is CCc1ccc(N)cc1S(=O)(=O)NC(C)CC(F)(F)F. The third-order valence-electron chi connectivity index (χ3n) is 2.66. The summed E-state index contributed by atoms with van der Waals surface area (Å²) in [5.41, 5.74) is 6.29. The van der Waals surface area contributed by atoms with Gasteiger partial charge in [0.1, 0.15) is 0 Å². The van der Waals surface area contributed by atoms with E-state index in [0.29, 0.717) is 12.0 Å². The normalized spacial score (nSPS) is 14.2. The van der Waals surface area contributed by atoms with Gasteiger partial charge in [0.15, 0.2) is 0 Å². The largest absolute Gasteiger partial charge is 0.399 e. The van der Waals surface area contributed by atoms with E-state index < -0.39 is 28.7 Å². The van der Waals surface area contributed by atoms with Crippen LogP contribution in [0, 0.1) is 0 Å². The number of rotatable bonds is 5. The zero-order chi connectivity index (χ0) is 15.6. The molecule has 0 radical (unpaired) electrons. The van der Waals surface area contributed by atoms with Gasteiger partial charge in [0.05, 0.1) is 11.3 Å².